The van der Waals surface area contributed by atoms with Crippen LogP contribution in [-0.2, 0) is 0 Å². The summed E-state index contributed by atoms with van der Waals surface area (Å²) in [6, 6.07) is 10.4. The summed E-state index contributed by atoms with van der Waals surface area (Å²) in [5.74, 6) is 0. The molecule has 1 aromatic rings. The quantitative estimate of drug-likeness (QED) is 0.431. The highest BCUT2D eigenvalue weighted by Gasteiger charge is 1.82. The van der Waals surface area contributed by atoms with Crippen molar-refractivity contribution < 1.29 is 0 Å². The van der Waals surface area contributed by atoms with Gasteiger partial charge in [-0.25, -0.2) is 0 Å². The summed E-state index contributed by atoms with van der Waals surface area (Å²) in [6.45, 7) is 2.24. The summed E-state index contributed by atoms with van der Waals surface area (Å²) in [7, 11) is 0. The number of hydrogen-bond acceptors (Lipinski definition) is 0. The van der Waals surface area contributed by atoms with Crippen molar-refractivity contribution in [3.05, 3.63) is 54.1 Å². The van der Waals surface area contributed by atoms with Gasteiger partial charge in [0.25, 0.3) is 0 Å². The molecule has 0 radical (unpaired) electrons. The van der Waals surface area contributed by atoms with Crippen molar-refractivity contribution in [1.82, 2.24) is 0 Å². The smallest absolute Gasteiger partial charge is 0.0166 e. The third kappa shape index (κ3) is 6.23. The first-order valence-electron chi connectivity index (χ1n) is 6.30. The zero-order chi connectivity index (χ0) is 11.5. The lowest BCUT2D eigenvalue weighted by Crippen LogP contribution is -1.71. The van der Waals surface area contributed by atoms with Gasteiger partial charge < -0.3 is 0 Å². The third-order valence-corrected chi connectivity index (χ3v) is 2.52. The largest absolute Gasteiger partial charge is 0.0882 e. The lowest BCUT2D eigenvalue weighted by molar-refractivity contribution is 0.728. The van der Waals surface area contributed by atoms with E-state index in [4.69, 9.17) is 0 Å². The van der Waals surface area contributed by atoms with Gasteiger partial charge in [0.15, 0.2) is 0 Å². The van der Waals surface area contributed by atoms with Crippen LogP contribution in [0.25, 0.3) is 6.08 Å². The highest BCUT2D eigenvalue weighted by molar-refractivity contribution is 5.48. The highest BCUT2D eigenvalue weighted by Crippen LogP contribution is 2.03. The summed E-state index contributed by atoms with van der Waals surface area (Å²) in [5, 5.41) is 0. The van der Waals surface area contributed by atoms with Crippen LogP contribution >= 0.6 is 0 Å². The molecular weight excluding hydrogens is 192 g/mol. The zero-order valence-corrected chi connectivity index (χ0v) is 10.2. The molecule has 0 fully saturated rings. The number of allylic oxidation sites excluding steroid dienone is 3. The van der Waals surface area contributed by atoms with E-state index in [1.807, 2.05) is 6.07 Å². The van der Waals surface area contributed by atoms with Crippen LogP contribution in [0.5, 0.6) is 0 Å². The molecule has 0 heteroatoms. The van der Waals surface area contributed by atoms with Gasteiger partial charge in [0.1, 0.15) is 0 Å². The fourth-order valence-electron chi connectivity index (χ4n) is 1.57. The molecule has 0 saturated carbocycles. The molecule has 16 heavy (non-hydrogen) atoms. The van der Waals surface area contributed by atoms with Gasteiger partial charge in [-0.3, -0.25) is 0 Å². The van der Waals surface area contributed by atoms with Crippen molar-refractivity contribution in [2.45, 2.75) is 39.0 Å². The van der Waals surface area contributed by atoms with Crippen molar-refractivity contribution >= 4 is 6.08 Å². The highest BCUT2D eigenvalue weighted by atomic mass is 13.9. The molecule has 0 heterocycles. The van der Waals surface area contributed by atoms with E-state index in [1.54, 1.807) is 0 Å². The molecule has 0 N–H and O–H groups in total. The molecule has 0 unspecified atom stereocenters. The lowest BCUT2D eigenvalue weighted by atomic mass is 10.2. The molecule has 0 aliphatic heterocycles. The molecular formula is C16H22. The van der Waals surface area contributed by atoms with E-state index in [0.29, 0.717) is 0 Å². The third-order valence-electron chi connectivity index (χ3n) is 2.52. The maximum atomic E-state index is 2.30. The van der Waals surface area contributed by atoms with E-state index >= 15 is 0 Å². The van der Waals surface area contributed by atoms with Crippen LogP contribution in [0.3, 0.4) is 0 Å². The van der Waals surface area contributed by atoms with E-state index in [1.165, 1.54) is 31.2 Å². The molecule has 0 aliphatic rings. The van der Waals surface area contributed by atoms with E-state index in [9.17, 15) is 0 Å². The molecule has 86 valence electrons. The van der Waals surface area contributed by atoms with Gasteiger partial charge in [0.2, 0.25) is 0 Å². The first-order chi connectivity index (χ1) is 7.93. The Bertz CT molecular complexity index is 306. The Labute approximate surface area is 99.7 Å². The van der Waals surface area contributed by atoms with Gasteiger partial charge in [0, 0.05) is 0 Å². The SMILES string of the molecule is CCCCC/C=C/C/C=C/c1ccccc1. The monoisotopic (exact) mass is 214 g/mol. The normalized spacial score (nSPS) is 11.6. The Hall–Kier alpha value is -1.30. The fraction of sp³-hybridized carbons (Fsp3) is 0.375. The number of unbranched alkanes of at least 4 members (excludes halogenated alkanes) is 3. The number of hydrogen-bond donors (Lipinski definition) is 0. The standard InChI is InChI=1S/C16H22/c1-2-3-4-5-6-7-8-10-13-16-14-11-9-12-15-16/h6-7,9-15H,2-5,8H2,1H3/b7-6+,13-10+. The molecule has 0 aromatic heterocycles. The lowest BCUT2D eigenvalue weighted by Gasteiger charge is -1.91. The zero-order valence-electron chi connectivity index (χ0n) is 10.2. The molecule has 0 spiro atoms. The van der Waals surface area contributed by atoms with Gasteiger partial charge in [-0.1, -0.05) is 74.4 Å². The van der Waals surface area contributed by atoms with E-state index < -0.39 is 0 Å². The van der Waals surface area contributed by atoms with Crippen LogP contribution in [0.2, 0.25) is 0 Å². The molecule has 1 rings (SSSR count). The molecule has 1 aromatic carbocycles. The average Bonchev–Trinajstić information content (AvgIpc) is 2.34. The molecule has 0 aliphatic carbocycles. The first kappa shape index (κ1) is 12.8. The summed E-state index contributed by atoms with van der Waals surface area (Å²) in [6.07, 6.45) is 15.2. The predicted molar refractivity (Wildman–Crippen MR) is 73.4 cm³/mol. The van der Waals surface area contributed by atoms with Crippen LogP contribution < -0.4 is 0 Å². The average molecular weight is 214 g/mol. The second-order valence-electron chi connectivity index (χ2n) is 4.02. The minimum absolute atomic E-state index is 1.04. The van der Waals surface area contributed by atoms with Crippen molar-refractivity contribution in [3.63, 3.8) is 0 Å². The van der Waals surface area contributed by atoms with E-state index in [0.717, 1.165) is 6.42 Å². The van der Waals surface area contributed by atoms with Gasteiger partial charge >= 0.3 is 0 Å². The summed E-state index contributed by atoms with van der Waals surface area (Å²) < 4.78 is 0. The Kier molecular flexibility index (Phi) is 7.15. The summed E-state index contributed by atoms with van der Waals surface area (Å²) in [4.78, 5) is 0. The maximum Gasteiger partial charge on any atom is -0.0166 e. The fourth-order valence-corrected chi connectivity index (χ4v) is 1.57. The number of benzene rings is 1. The van der Waals surface area contributed by atoms with Gasteiger partial charge in [-0.05, 0) is 24.8 Å². The van der Waals surface area contributed by atoms with Gasteiger partial charge in [-0.15, -0.1) is 0 Å². The summed E-state index contributed by atoms with van der Waals surface area (Å²) in [5.41, 5.74) is 1.28. The first-order valence-corrected chi connectivity index (χ1v) is 6.30. The number of rotatable bonds is 7. The second-order valence-corrected chi connectivity index (χ2v) is 4.02. The Balaban J connectivity index is 2.13. The summed E-state index contributed by atoms with van der Waals surface area (Å²) >= 11 is 0. The van der Waals surface area contributed by atoms with Crippen molar-refractivity contribution in [2.75, 3.05) is 0 Å². The topological polar surface area (TPSA) is 0 Å². The molecule has 0 bridgehead atoms. The molecule has 0 amide bonds. The van der Waals surface area contributed by atoms with Gasteiger partial charge in [0.05, 0.1) is 0 Å². The van der Waals surface area contributed by atoms with Crippen molar-refractivity contribution in [3.8, 4) is 0 Å². The second kappa shape index (κ2) is 8.96. The van der Waals surface area contributed by atoms with Crippen LogP contribution in [-0.4, -0.2) is 0 Å². The van der Waals surface area contributed by atoms with Crippen LogP contribution in [0, 0.1) is 0 Å². The van der Waals surface area contributed by atoms with Crippen LogP contribution in [0.4, 0.5) is 0 Å². The Morgan fingerprint density at radius 1 is 0.938 bits per heavy atom. The predicted octanol–water partition coefficient (Wildman–Crippen LogP) is 5.23. The maximum absolute atomic E-state index is 2.30. The Morgan fingerprint density at radius 3 is 2.50 bits per heavy atom. The van der Waals surface area contributed by atoms with Crippen molar-refractivity contribution in [2.24, 2.45) is 0 Å². The van der Waals surface area contributed by atoms with Gasteiger partial charge in [-0.2, -0.15) is 0 Å². The Morgan fingerprint density at radius 2 is 1.75 bits per heavy atom. The minimum Gasteiger partial charge on any atom is -0.0882 e. The molecule has 0 atom stereocenters. The van der Waals surface area contributed by atoms with Crippen LogP contribution in [0.1, 0.15) is 44.6 Å². The molecule has 0 saturated heterocycles. The van der Waals surface area contributed by atoms with E-state index in [2.05, 4.69) is 55.5 Å². The van der Waals surface area contributed by atoms with Crippen molar-refractivity contribution in [1.29, 1.82) is 0 Å². The minimum atomic E-state index is 1.04. The van der Waals surface area contributed by atoms with Crippen LogP contribution in [0.15, 0.2) is 48.6 Å². The van der Waals surface area contributed by atoms with E-state index in [-0.39, 0.29) is 0 Å². The molecule has 0 nitrogen and oxygen atoms in total.